The standard InChI is InChI=1S/C24H24ClN3O2/c1-18-8-5-6-11-22(18)27-24(30)26-16-7-17-28(21-9-3-2-4-10-21)23(29)19-12-14-20(25)15-13-19/h2-6,8-15H,7,16-17H2,1H3,(H2,26,27,30). The summed E-state index contributed by atoms with van der Waals surface area (Å²) < 4.78 is 0. The number of hydrogen-bond donors (Lipinski definition) is 2. The summed E-state index contributed by atoms with van der Waals surface area (Å²) in [5.41, 5.74) is 3.14. The molecule has 5 nitrogen and oxygen atoms in total. The van der Waals surface area contributed by atoms with Crippen LogP contribution < -0.4 is 15.5 Å². The minimum absolute atomic E-state index is 0.109. The molecule has 0 aliphatic carbocycles. The summed E-state index contributed by atoms with van der Waals surface area (Å²) in [6, 6.07) is 23.7. The second-order valence-electron chi connectivity index (χ2n) is 6.85. The van der Waals surface area contributed by atoms with Crippen LogP contribution in [0.15, 0.2) is 78.9 Å². The number of aryl methyl sites for hydroxylation is 1. The first-order valence-electron chi connectivity index (χ1n) is 9.77. The van der Waals surface area contributed by atoms with Crippen LogP contribution in [0.5, 0.6) is 0 Å². The van der Waals surface area contributed by atoms with E-state index in [1.807, 2.05) is 61.5 Å². The lowest BCUT2D eigenvalue weighted by molar-refractivity contribution is 0.0986. The fraction of sp³-hybridized carbons (Fsp3) is 0.167. The van der Waals surface area contributed by atoms with Gasteiger partial charge in [0, 0.05) is 35.1 Å². The van der Waals surface area contributed by atoms with Crippen molar-refractivity contribution < 1.29 is 9.59 Å². The quantitative estimate of drug-likeness (QED) is 0.494. The van der Waals surface area contributed by atoms with Crippen molar-refractivity contribution in [1.82, 2.24) is 5.32 Å². The highest BCUT2D eigenvalue weighted by atomic mass is 35.5. The smallest absolute Gasteiger partial charge is 0.319 e. The number of carbonyl (C=O) groups is 2. The molecule has 0 unspecified atom stereocenters. The average molecular weight is 422 g/mol. The van der Waals surface area contributed by atoms with Gasteiger partial charge in [0.15, 0.2) is 0 Å². The summed E-state index contributed by atoms with van der Waals surface area (Å²) in [4.78, 5) is 26.9. The van der Waals surface area contributed by atoms with Crippen LogP contribution in [0.2, 0.25) is 5.02 Å². The van der Waals surface area contributed by atoms with Gasteiger partial charge >= 0.3 is 6.03 Å². The van der Waals surface area contributed by atoms with E-state index in [0.717, 1.165) is 16.9 Å². The number of carbonyl (C=O) groups excluding carboxylic acids is 2. The van der Waals surface area contributed by atoms with Gasteiger partial charge in [-0.25, -0.2) is 4.79 Å². The number of rotatable bonds is 7. The summed E-state index contributed by atoms with van der Waals surface area (Å²) >= 11 is 5.94. The van der Waals surface area contributed by atoms with Crippen molar-refractivity contribution in [1.29, 1.82) is 0 Å². The van der Waals surface area contributed by atoms with Crippen molar-refractivity contribution in [2.24, 2.45) is 0 Å². The van der Waals surface area contributed by atoms with Gasteiger partial charge in [-0.15, -0.1) is 0 Å². The van der Waals surface area contributed by atoms with E-state index in [2.05, 4.69) is 10.6 Å². The van der Waals surface area contributed by atoms with E-state index >= 15 is 0 Å². The summed E-state index contributed by atoms with van der Waals surface area (Å²) in [5.74, 6) is -0.109. The number of para-hydroxylation sites is 2. The van der Waals surface area contributed by atoms with Crippen LogP contribution in [0.1, 0.15) is 22.3 Å². The van der Waals surface area contributed by atoms with Crippen molar-refractivity contribution >= 4 is 34.9 Å². The zero-order valence-electron chi connectivity index (χ0n) is 16.8. The molecule has 0 bridgehead atoms. The fourth-order valence-electron chi connectivity index (χ4n) is 3.02. The van der Waals surface area contributed by atoms with Crippen molar-refractivity contribution in [3.05, 3.63) is 95.0 Å². The van der Waals surface area contributed by atoms with E-state index in [4.69, 9.17) is 11.6 Å². The first-order valence-corrected chi connectivity index (χ1v) is 10.2. The number of nitrogens with one attached hydrogen (secondary N) is 2. The third-order valence-electron chi connectivity index (χ3n) is 4.64. The predicted octanol–water partition coefficient (Wildman–Crippen LogP) is 5.51. The zero-order chi connectivity index (χ0) is 21.3. The average Bonchev–Trinajstić information content (AvgIpc) is 2.76. The number of urea groups is 1. The second kappa shape index (κ2) is 10.5. The SMILES string of the molecule is Cc1ccccc1NC(=O)NCCCN(C(=O)c1ccc(Cl)cc1)c1ccccc1. The number of halogens is 1. The molecule has 0 aromatic heterocycles. The summed E-state index contributed by atoms with van der Waals surface area (Å²) in [7, 11) is 0. The van der Waals surface area contributed by atoms with Crippen LogP contribution in [-0.2, 0) is 0 Å². The third kappa shape index (κ3) is 5.84. The van der Waals surface area contributed by atoms with Crippen LogP contribution in [0.4, 0.5) is 16.2 Å². The first-order chi connectivity index (χ1) is 14.5. The Morgan fingerprint density at radius 2 is 1.57 bits per heavy atom. The Labute approximate surface area is 181 Å². The monoisotopic (exact) mass is 421 g/mol. The van der Waals surface area contributed by atoms with Crippen molar-refractivity contribution in [3.63, 3.8) is 0 Å². The molecule has 3 aromatic rings. The second-order valence-corrected chi connectivity index (χ2v) is 7.29. The van der Waals surface area contributed by atoms with E-state index in [1.165, 1.54) is 0 Å². The van der Waals surface area contributed by atoms with Crippen LogP contribution in [0.25, 0.3) is 0 Å². The van der Waals surface area contributed by atoms with E-state index in [-0.39, 0.29) is 11.9 Å². The van der Waals surface area contributed by atoms with Gasteiger partial charge in [0.1, 0.15) is 0 Å². The number of benzene rings is 3. The van der Waals surface area contributed by atoms with Gasteiger partial charge in [-0.3, -0.25) is 4.79 Å². The summed E-state index contributed by atoms with van der Waals surface area (Å²) in [6.45, 7) is 2.85. The maximum Gasteiger partial charge on any atom is 0.319 e. The molecule has 6 heteroatoms. The molecular formula is C24H24ClN3O2. The number of amides is 3. The summed E-state index contributed by atoms with van der Waals surface area (Å²) in [6.07, 6.45) is 0.607. The number of nitrogens with zero attached hydrogens (tertiary/aromatic N) is 1. The maximum absolute atomic E-state index is 13.0. The highest BCUT2D eigenvalue weighted by molar-refractivity contribution is 6.30. The molecule has 0 saturated heterocycles. The Balaban J connectivity index is 1.59. The number of anilines is 2. The number of hydrogen-bond acceptors (Lipinski definition) is 2. The first kappa shape index (κ1) is 21.4. The molecule has 154 valence electrons. The third-order valence-corrected chi connectivity index (χ3v) is 4.89. The lowest BCUT2D eigenvalue weighted by Crippen LogP contribution is -2.35. The molecule has 0 heterocycles. The van der Waals surface area contributed by atoms with Crippen LogP contribution in [0, 0.1) is 6.92 Å². The van der Waals surface area contributed by atoms with Crippen molar-refractivity contribution in [3.8, 4) is 0 Å². The van der Waals surface area contributed by atoms with E-state index in [9.17, 15) is 9.59 Å². The molecule has 0 atom stereocenters. The largest absolute Gasteiger partial charge is 0.338 e. The molecule has 0 aliphatic heterocycles. The van der Waals surface area contributed by atoms with Gasteiger partial charge in [-0.05, 0) is 61.4 Å². The molecule has 0 saturated carbocycles. The van der Waals surface area contributed by atoms with Gasteiger partial charge in [0.05, 0.1) is 0 Å². The van der Waals surface area contributed by atoms with Gasteiger partial charge in [-0.1, -0.05) is 48.0 Å². The van der Waals surface area contributed by atoms with Crippen LogP contribution >= 0.6 is 11.6 Å². The molecule has 0 radical (unpaired) electrons. The highest BCUT2D eigenvalue weighted by Gasteiger charge is 2.17. The predicted molar refractivity (Wildman–Crippen MR) is 122 cm³/mol. The lowest BCUT2D eigenvalue weighted by Gasteiger charge is -2.23. The van der Waals surface area contributed by atoms with Gasteiger partial charge in [-0.2, -0.15) is 0 Å². The molecule has 2 N–H and O–H groups in total. The molecule has 30 heavy (non-hydrogen) atoms. The van der Waals surface area contributed by atoms with Gasteiger partial charge < -0.3 is 15.5 Å². The molecule has 3 aromatic carbocycles. The lowest BCUT2D eigenvalue weighted by atomic mass is 10.1. The molecule has 3 rings (SSSR count). The topological polar surface area (TPSA) is 61.4 Å². The van der Waals surface area contributed by atoms with Crippen LogP contribution in [-0.4, -0.2) is 25.0 Å². The molecular weight excluding hydrogens is 398 g/mol. The van der Waals surface area contributed by atoms with E-state index in [1.54, 1.807) is 29.2 Å². The highest BCUT2D eigenvalue weighted by Crippen LogP contribution is 2.19. The Bertz CT molecular complexity index is 991. The van der Waals surface area contributed by atoms with Gasteiger partial charge in [0.25, 0.3) is 5.91 Å². The van der Waals surface area contributed by atoms with Gasteiger partial charge in [0.2, 0.25) is 0 Å². The molecule has 3 amide bonds. The van der Waals surface area contributed by atoms with Crippen molar-refractivity contribution in [2.45, 2.75) is 13.3 Å². The van der Waals surface area contributed by atoms with E-state index in [0.29, 0.717) is 30.1 Å². The Kier molecular flexibility index (Phi) is 7.46. The Morgan fingerprint density at radius 3 is 2.27 bits per heavy atom. The summed E-state index contributed by atoms with van der Waals surface area (Å²) in [5, 5.41) is 6.27. The normalized spacial score (nSPS) is 10.3. The van der Waals surface area contributed by atoms with Crippen LogP contribution in [0.3, 0.4) is 0 Å². The Hall–Kier alpha value is -3.31. The molecule has 0 spiro atoms. The minimum Gasteiger partial charge on any atom is -0.338 e. The molecule has 0 aliphatic rings. The zero-order valence-corrected chi connectivity index (χ0v) is 17.5. The minimum atomic E-state index is -0.264. The Morgan fingerprint density at radius 1 is 0.900 bits per heavy atom. The molecule has 0 fully saturated rings. The fourth-order valence-corrected chi connectivity index (χ4v) is 3.15. The van der Waals surface area contributed by atoms with E-state index < -0.39 is 0 Å². The maximum atomic E-state index is 13.0. The van der Waals surface area contributed by atoms with Crippen molar-refractivity contribution in [2.75, 3.05) is 23.3 Å².